The Kier molecular flexibility index (Phi) is 3.13. The highest BCUT2D eigenvalue weighted by atomic mass is 15.2. The van der Waals surface area contributed by atoms with Crippen molar-refractivity contribution in [3.63, 3.8) is 0 Å². The number of nitrogens with zero attached hydrogens (tertiary/aromatic N) is 1. The smallest absolute Gasteiger partial charge is 0.0145 e. The van der Waals surface area contributed by atoms with Gasteiger partial charge in [-0.3, -0.25) is 4.90 Å². The van der Waals surface area contributed by atoms with Crippen molar-refractivity contribution in [1.29, 1.82) is 0 Å². The van der Waals surface area contributed by atoms with E-state index in [-0.39, 0.29) is 0 Å². The summed E-state index contributed by atoms with van der Waals surface area (Å²) in [6.45, 7) is 12.2. The predicted molar refractivity (Wildman–Crippen MR) is 60.3 cm³/mol. The fourth-order valence-electron chi connectivity index (χ4n) is 2.78. The molecule has 1 N–H and O–H groups in total. The highest BCUT2D eigenvalue weighted by Gasteiger charge is 2.36. The molecule has 0 aromatic rings. The molecule has 2 rings (SSSR count). The second-order valence-corrected chi connectivity index (χ2v) is 5.50. The van der Waals surface area contributed by atoms with E-state index in [1.54, 1.807) is 0 Å². The van der Waals surface area contributed by atoms with Crippen LogP contribution in [0.3, 0.4) is 0 Å². The Balaban J connectivity index is 1.80. The number of likely N-dealkylation sites (tertiary alicyclic amines) is 1. The van der Waals surface area contributed by atoms with Crippen LogP contribution in [0, 0.1) is 17.8 Å². The lowest BCUT2D eigenvalue weighted by Gasteiger charge is -2.49. The molecule has 82 valence electrons. The van der Waals surface area contributed by atoms with Gasteiger partial charge in [0, 0.05) is 19.1 Å². The average molecular weight is 196 g/mol. The molecule has 2 atom stereocenters. The Hall–Kier alpha value is -0.0800. The molecule has 2 heterocycles. The third kappa shape index (κ3) is 1.96. The summed E-state index contributed by atoms with van der Waals surface area (Å²) >= 11 is 0. The Bertz CT molecular complexity index is 185. The summed E-state index contributed by atoms with van der Waals surface area (Å²) in [7, 11) is 0. The molecular weight excluding hydrogens is 172 g/mol. The van der Waals surface area contributed by atoms with E-state index in [2.05, 4.69) is 31.0 Å². The first-order valence-corrected chi connectivity index (χ1v) is 6.13. The van der Waals surface area contributed by atoms with E-state index in [1.807, 2.05) is 0 Å². The summed E-state index contributed by atoms with van der Waals surface area (Å²) in [4.78, 5) is 2.70. The molecule has 2 nitrogen and oxygen atoms in total. The van der Waals surface area contributed by atoms with E-state index in [4.69, 9.17) is 0 Å². The van der Waals surface area contributed by atoms with Crippen LogP contribution in [0.1, 0.15) is 27.2 Å². The van der Waals surface area contributed by atoms with Crippen molar-refractivity contribution in [2.75, 3.05) is 26.2 Å². The highest BCUT2D eigenvalue weighted by Crippen LogP contribution is 2.29. The molecule has 0 aromatic carbocycles. The first kappa shape index (κ1) is 10.4. The molecule has 2 unspecified atom stereocenters. The van der Waals surface area contributed by atoms with Gasteiger partial charge >= 0.3 is 0 Å². The lowest BCUT2D eigenvalue weighted by atomic mass is 9.83. The van der Waals surface area contributed by atoms with E-state index in [1.165, 1.54) is 32.6 Å². The maximum absolute atomic E-state index is 3.47. The third-order valence-corrected chi connectivity index (χ3v) is 4.09. The van der Waals surface area contributed by atoms with Crippen LogP contribution < -0.4 is 5.32 Å². The van der Waals surface area contributed by atoms with Gasteiger partial charge in [0.1, 0.15) is 0 Å². The van der Waals surface area contributed by atoms with Crippen molar-refractivity contribution < 1.29 is 0 Å². The first-order chi connectivity index (χ1) is 6.68. The average Bonchev–Trinajstić information content (AvgIpc) is 2.05. The van der Waals surface area contributed by atoms with E-state index in [0.29, 0.717) is 0 Å². The zero-order chi connectivity index (χ0) is 10.1. The molecule has 2 fully saturated rings. The summed E-state index contributed by atoms with van der Waals surface area (Å²) in [5.74, 6) is 2.69. The normalized spacial score (nSPS) is 36.0. The van der Waals surface area contributed by atoms with Gasteiger partial charge in [-0.05, 0) is 37.3 Å². The van der Waals surface area contributed by atoms with Crippen molar-refractivity contribution in [2.24, 2.45) is 17.8 Å². The van der Waals surface area contributed by atoms with Gasteiger partial charge < -0.3 is 5.32 Å². The lowest BCUT2D eigenvalue weighted by Crippen LogP contribution is -2.58. The topological polar surface area (TPSA) is 15.3 Å². The van der Waals surface area contributed by atoms with Gasteiger partial charge in [0.15, 0.2) is 0 Å². The van der Waals surface area contributed by atoms with Crippen molar-refractivity contribution in [3.05, 3.63) is 0 Å². The molecule has 2 aliphatic heterocycles. The summed E-state index contributed by atoms with van der Waals surface area (Å²) in [6, 6.07) is 0.867. The van der Waals surface area contributed by atoms with Crippen molar-refractivity contribution in [2.45, 2.75) is 33.2 Å². The molecule has 0 aliphatic carbocycles. The summed E-state index contributed by atoms with van der Waals surface area (Å²) in [6.07, 6.45) is 1.35. The van der Waals surface area contributed by atoms with Gasteiger partial charge in [0.05, 0.1) is 0 Å². The summed E-state index contributed by atoms with van der Waals surface area (Å²) in [5.41, 5.74) is 0. The van der Waals surface area contributed by atoms with Crippen LogP contribution in [-0.2, 0) is 0 Å². The van der Waals surface area contributed by atoms with Crippen LogP contribution in [0.15, 0.2) is 0 Å². The van der Waals surface area contributed by atoms with Crippen LogP contribution in [0.5, 0.6) is 0 Å². The minimum absolute atomic E-state index is 0.844. The van der Waals surface area contributed by atoms with Gasteiger partial charge in [-0.2, -0.15) is 0 Å². The van der Waals surface area contributed by atoms with Gasteiger partial charge in [0.2, 0.25) is 0 Å². The van der Waals surface area contributed by atoms with E-state index in [9.17, 15) is 0 Å². The quantitative estimate of drug-likeness (QED) is 0.721. The SMILES string of the molecule is CC(C)C1CN(C2CCNCC2C)C1. The lowest BCUT2D eigenvalue weighted by molar-refractivity contribution is -0.00320. The molecule has 0 amide bonds. The molecule has 2 heteroatoms. The molecule has 2 aliphatic rings. The Labute approximate surface area is 88.1 Å². The Morgan fingerprint density at radius 2 is 2.00 bits per heavy atom. The molecule has 2 saturated heterocycles. The van der Waals surface area contributed by atoms with E-state index < -0.39 is 0 Å². The first-order valence-electron chi connectivity index (χ1n) is 6.13. The van der Waals surface area contributed by atoms with Gasteiger partial charge in [0.25, 0.3) is 0 Å². The van der Waals surface area contributed by atoms with Crippen LogP contribution in [0.25, 0.3) is 0 Å². The van der Waals surface area contributed by atoms with Crippen molar-refractivity contribution in [1.82, 2.24) is 10.2 Å². The highest BCUT2D eigenvalue weighted by molar-refractivity contribution is 4.91. The maximum atomic E-state index is 3.47. The largest absolute Gasteiger partial charge is 0.316 e. The molecule has 14 heavy (non-hydrogen) atoms. The zero-order valence-corrected chi connectivity index (χ0v) is 9.79. The standard InChI is InChI=1S/C12H24N2/c1-9(2)11-7-14(8-11)12-4-5-13-6-10(12)3/h9-13H,4-8H2,1-3H3. The van der Waals surface area contributed by atoms with Crippen molar-refractivity contribution in [3.8, 4) is 0 Å². The van der Waals surface area contributed by atoms with Gasteiger partial charge in [-0.1, -0.05) is 20.8 Å². The van der Waals surface area contributed by atoms with Crippen LogP contribution >= 0.6 is 0 Å². The number of piperidine rings is 1. The summed E-state index contributed by atoms with van der Waals surface area (Å²) in [5, 5.41) is 3.47. The third-order valence-electron chi connectivity index (χ3n) is 4.09. The van der Waals surface area contributed by atoms with Crippen molar-refractivity contribution >= 4 is 0 Å². The van der Waals surface area contributed by atoms with E-state index in [0.717, 1.165) is 23.8 Å². The number of nitrogens with one attached hydrogen (secondary N) is 1. The molecule has 0 aromatic heterocycles. The van der Waals surface area contributed by atoms with Crippen LogP contribution in [-0.4, -0.2) is 37.1 Å². The monoisotopic (exact) mass is 196 g/mol. The number of rotatable bonds is 2. The second-order valence-electron chi connectivity index (χ2n) is 5.50. The molecule has 0 radical (unpaired) electrons. The minimum Gasteiger partial charge on any atom is -0.316 e. The minimum atomic E-state index is 0.844. The number of hydrogen-bond donors (Lipinski definition) is 1. The zero-order valence-electron chi connectivity index (χ0n) is 9.79. The summed E-state index contributed by atoms with van der Waals surface area (Å²) < 4.78 is 0. The van der Waals surface area contributed by atoms with Gasteiger partial charge in [-0.15, -0.1) is 0 Å². The molecule has 0 bridgehead atoms. The predicted octanol–water partition coefficient (Wildman–Crippen LogP) is 1.57. The van der Waals surface area contributed by atoms with Gasteiger partial charge in [-0.25, -0.2) is 0 Å². The Morgan fingerprint density at radius 1 is 1.29 bits per heavy atom. The molecular formula is C12H24N2. The number of hydrogen-bond acceptors (Lipinski definition) is 2. The fourth-order valence-corrected chi connectivity index (χ4v) is 2.78. The fraction of sp³-hybridized carbons (Fsp3) is 1.00. The maximum Gasteiger partial charge on any atom is 0.0145 e. The second kappa shape index (κ2) is 4.19. The molecule has 0 spiro atoms. The molecule has 0 saturated carbocycles. The van der Waals surface area contributed by atoms with Crippen LogP contribution in [0.4, 0.5) is 0 Å². The van der Waals surface area contributed by atoms with E-state index >= 15 is 0 Å². The Morgan fingerprint density at radius 3 is 2.57 bits per heavy atom. The van der Waals surface area contributed by atoms with Crippen LogP contribution in [0.2, 0.25) is 0 Å².